The van der Waals surface area contributed by atoms with E-state index < -0.39 is 0 Å². The Kier molecular flexibility index (Phi) is 3.71. The quantitative estimate of drug-likeness (QED) is 0.821. The van der Waals surface area contributed by atoms with Gasteiger partial charge in [-0.3, -0.25) is 0 Å². The molecule has 0 N–H and O–H groups in total. The fourth-order valence-corrected chi connectivity index (χ4v) is 1.75. The lowest BCUT2D eigenvalue weighted by Crippen LogP contribution is -1.92. The molecule has 0 heterocycles. The van der Waals surface area contributed by atoms with Crippen LogP contribution in [-0.4, -0.2) is 0 Å². The predicted octanol–water partition coefficient (Wildman–Crippen LogP) is 4.18. The summed E-state index contributed by atoms with van der Waals surface area (Å²) in [5.74, 6) is 0.941. The lowest BCUT2D eigenvalue weighted by molar-refractivity contribution is 0.480. The normalized spacial score (nSPS) is 9.47. The Balaban J connectivity index is 2.42. The number of nitrogens with zero attached hydrogens (tertiary/aromatic N) is 2. The van der Waals surface area contributed by atoms with Crippen LogP contribution in [0, 0.1) is 29.6 Å². The number of nitriles is 2. The van der Waals surface area contributed by atoms with Crippen molar-refractivity contribution in [3.63, 3.8) is 0 Å². The standard InChI is InChI=1S/C15H9ClN2O/c1-10-7-12(5-6-14(10)16)19-15-4-2-3-11(8-17)13(15)9-18/h2-7H,1H3. The number of benzene rings is 2. The zero-order valence-corrected chi connectivity index (χ0v) is 10.9. The third-order valence-corrected chi connectivity index (χ3v) is 3.04. The Morgan fingerprint density at radius 3 is 2.53 bits per heavy atom. The van der Waals surface area contributed by atoms with E-state index in [1.54, 1.807) is 36.4 Å². The highest BCUT2D eigenvalue weighted by Crippen LogP contribution is 2.29. The van der Waals surface area contributed by atoms with Crippen molar-refractivity contribution < 1.29 is 4.74 Å². The molecule has 0 aliphatic heterocycles. The molecule has 3 nitrogen and oxygen atoms in total. The van der Waals surface area contributed by atoms with Crippen molar-refractivity contribution in [2.24, 2.45) is 0 Å². The number of ether oxygens (including phenoxy) is 1. The molecule has 2 rings (SSSR count). The third kappa shape index (κ3) is 2.68. The van der Waals surface area contributed by atoms with Gasteiger partial charge in [0.1, 0.15) is 29.2 Å². The Bertz CT molecular complexity index is 711. The maximum atomic E-state index is 9.10. The minimum Gasteiger partial charge on any atom is -0.456 e. The van der Waals surface area contributed by atoms with E-state index in [4.69, 9.17) is 26.9 Å². The van der Waals surface area contributed by atoms with Crippen LogP contribution < -0.4 is 4.74 Å². The highest BCUT2D eigenvalue weighted by atomic mass is 35.5. The molecule has 0 saturated carbocycles. The molecular formula is C15H9ClN2O. The molecular weight excluding hydrogens is 260 g/mol. The van der Waals surface area contributed by atoms with Crippen LogP contribution in [0.5, 0.6) is 11.5 Å². The lowest BCUT2D eigenvalue weighted by atomic mass is 10.1. The number of hydrogen-bond acceptors (Lipinski definition) is 3. The molecule has 2 aromatic carbocycles. The molecule has 92 valence electrons. The van der Waals surface area contributed by atoms with Gasteiger partial charge in [0.05, 0.1) is 5.56 Å². The van der Waals surface area contributed by atoms with Gasteiger partial charge in [-0.25, -0.2) is 0 Å². The van der Waals surface area contributed by atoms with Gasteiger partial charge in [0, 0.05) is 5.02 Å². The van der Waals surface area contributed by atoms with E-state index in [-0.39, 0.29) is 5.56 Å². The van der Waals surface area contributed by atoms with Crippen molar-refractivity contribution in [3.05, 3.63) is 58.1 Å². The summed E-state index contributed by atoms with van der Waals surface area (Å²) in [5.41, 5.74) is 1.41. The Hall–Kier alpha value is -2.49. The van der Waals surface area contributed by atoms with E-state index in [0.29, 0.717) is 22.1 Å². The van der Waals surface area contributed by atoms with Crippen molar-refractivity contribution in [1.29, 1.82) is 10.5 Å². The summed E-state index contributed by atoms with van der Waals surface area (Å²) in [5, 5.41) is 18.7. The summed E-state index contributed by atoms with van der Waals surface area (Å²) in [4.78, 5) is 0. The van der Waals surface area contributed by atoms with Crippen LogP contribution in [-0.2, 0) is 0 Å². The molecule has 0 atom stereocenters. The molecule has 0 bridgehead atoms. The number of rotatable bonds is 2. The molecule has 0 aliphatic carbocycles. The Morgan fingerprint density at radius 2 is 1.89 bits per heavy atom. The Morgan fingerprint density at radius 1 is 1.11 bits per heavy atom. The second-order valence-electron chi connectivity index (χ2n) is 3.92. The van der Waals surface area contributed by atoms with Gasteiger partial charge in [0.2, 0.25) is 0 Å². The fourth-order valence-electron chi connectivity index (χ4n) is 1.63. The summed E-state index contributed by atoms with van der Waals surface area (Å²) in [6.45, 7) is 1.87. The fraction of sp³-hybridized carbons (Fsp3) is 0.0667. The van der Waals surface area contributed by atoms with Gasteiger partial charge < -0.3 is 4.74 Å². The van der Waals surface area contributed by atoms with E-state index in [2.05, 4.69) is 0 Å². The van der Waals surface area contributed by atoms with Crippen LogP contribution in [0.4, 0.5) is 0 Å². The van der Waals surface area contributed by atoms with Crippen LogP contribution in [0.1, 0.15) is 16.7 Å². The van der Waals surface area contributed by atoms with Gasteiger partial charge in [-0.2, -0.15) is 10.5 Å². The van der Waals surface area contributed by atoms with Crippen molar-refractivity contribution in [3.8, 4) is 23.6 Å². The number of aryl methyl sites for hydroxylation is 1. The van der Waals surface area contributed by atoms with Gasteiger partial charge in [0.25, 0.3) is 0 Å². The number of halogens is 1. The average Bonchev–Trinajstić information content (AvgIpc) is 2.42. The summed E-state index contributed by atoms with van der Waals surface area (Å²) in [6.07, 6.45) is 0. The van der Waals surface area contributed by atoms with E-state index in [0.717, 1.165) is 5.56 Å². The smallest absolute Gasteiger partial charge is 0.146 e. The average molecular weight is 269 g/mol. The van der Waals surface area contributed by atoms with Crippen molar-refractivity contribution >= 4 is 11.6 Å². The molecule has 0 aliphatic rings. The first-order chi connectivity index (χ1) is 9.15. The zero-order chi connectivity index (χ0) is 13.8. The van der Waals surface area contributed by atoms with E-state index in [9.17, 15) is 0 Å². The predicted molar refractivity (Wildman–Crippen MR) is 72.1 cm³/mol. The van der Waals surface area contributed by atoms with Gasteiger partial charge in [-0.05, 0) is 42.8 Å². The topological polar surface area (TPSA) is 56.8 Å². The minimum absolute atomic E-state index is 0.234. The monoisotopic (exact) mass is 268 g/mol. The van der Waals surface area contributed by atoms with Gasteiger partial charge in [-0.15, -0.1) is 0 Å². The first-order valence-corrected chi connectivity index (χ1v) is 5.90. The van der Waals surface area contributed by atoms with Gasteiger partial charge >= 0.3 is 0 Å². The summed E-state index contributed by atoms with van der Waals surface area (Å²) < 4.78 is 5.65. The zero-order valence-electron chi connectivity index (χ0n) is 10.1. The van der Waals surface area contributed by atoms with Crippen LogP contribution in [0.3, 0.4) is 0 Å². The Labute approximate surface area is 116 Å². The molecule has 0 radical (unpaired) electrons. The first-order valence-electron chi connectivity index (χ1n) is 5.53. The third-order valence-electron chi connectivity index (χ3n) is 2.62. The summed E-state index contributed by atoms with van der Waals surface area (Å²) in [7, 11) is 0. The van der Waals surface area contributed by atoms with Crippen LogP contribution in [0.25, 0.3) is 0 Å². The summed E-state index contributed by atoms with van der Waals surface area (Å²) >= 11 is 5.94. The molecule has 0 spiro atoms. The van der Waals surface area contributed by atoms with E-state index in [1.165, 1.54) is 0 Å². The minimum atomic E-state index is 0.234. The van der Waals surface area contributed by atoms with Gasteiger partial charge in [0.15, 0.2) is 0 Å². The lowest BCUT2D eigenvalue weighted by Gasteiger charge is -2.09. The highest BCUT2D eigenvalue weighted by Gasteiger charge is 2.10. The highest BCUT2D eigenvalue weighted by molar-refractivity contribution is 6.31. The summed E-state index contributed by atoms with van der Waals surface area (Å²) in [6, 6.07) is 14.1. The van der Waals surface area contributed by atoms with Crippen molar-refractivity contribution in [2.45, 2.75) is 6.92 Å². The molecule has 19 heavy (non-hydrogen) atoms. The van der Waals surface area contributed by atoms with Crippen molar-refractivity contribution in [2.75, 3.05) is 0 Å². The molecule has 4 heteroatoms. The van der Waals surface area contributed by atoms with E-state index >= 15 is 0 Å². The second kappa shape index (κ2) is 5.44. The van der Waals surface area contributed by atoms with Crippen LogP contribution in [0.15, 0.2) is 36.4 Å². The maximum absolute atomic E-state index is 9.10. The second-order valence-corrected chi connectivity index (χ2v) is 4.32. The number of hydrogen-bond donors (Lipinski definition) is 0. The molecule has 2 aromatic rings. The molecule has 0 aromatic heterocycles. The molecule has 0 unspecified atom stereocenters. The molecule has 0 fully saturated rings. The SMILES string of the molecule is Cc1cc(Oc2cccc(C#N)c2C#N)ccc1Cl. The first kappa shape index (κ1) is 13.0. The largest absolute Gasteiger partial charge is 0.456 e. The molecule has 0 amide bonds. The maximum Gasteiger partial charge on any atom is 0.146 e. The molecule has 0 saturated heterocycles. The van der Waals surface area contributed by atoms with E-state index in [1.807, 2.05) is 19.1 Å². The van der Waals surface area contributed by atoms with Crippen LogP contribution >= 0.6 is 11.6 Å². The van der Waals surface area contributed by atoms with Crippen molar-refractivity contribution in [1.82, 2.24) is 0 Å². The van der Waals surface area contributed by atoms with Gasteiger partial charge in [-0.1, -0.05) is 17.7 Å². The van der Waals surface area contributed by atoms with Crippen LogP contribution in [0.2, 0.25) is 5.02 Å².